The number of nitrogens with one attached hydrogen (secondary N) is 2. The summed E-state index contributed by atoms with van der Waals surface area (Å²) in [6.45, 7) is 4.03. The lowest BCUT2D eigenvalue weighted by Gasteiger charge is -2.22. The largest absolute Gasteiger partial charge is 0.350 e. The highest BCUT2D eigenvalue weighted by atomic mass is 19.1. The summed E-state index contributed by atoms with van der Waals surface area (Å²) in [6, 6.07) is 14.5. The average molecular weight is 328 g/mol. The van der Waals surface area contributed by atoms with Crippen LogP contribution in [0.4, 0.5) is 4.39 Å². The maximum absolute atomic E-state index is 13.7. The molecule has 0 aromatic heterocycles. The molecule has 0 unspecified atom stereocenters. The third-order valence-corrected chi connectivity index (χ3v) is 3.66. The number of halogens is 1. The molecule has 24 heavy (non-hydrogen) atoms. The summed E-state index contributed by atoms with van der Waals surface area (Å²) in [6.07, 6.45) is 0. The lowest BCUT2D eigenvalue weighted by atomic mass is 10.0. The van der Waals surface area contributed by atoms with Crippen molar-refractivity contribution in [3.05, 3.63) is 71.5 Å². The third-order valence-electron chi connectivity index (χ3n) is 3.66. The van der Waals surface area contributed by atoms with E-state index in [0.717, 1.165) is 5.56 Å². The molecule has 1 atom stereocenters. The lowest BCUT2D eigenvalue weighted by molar-refractivity contribution is -0.124. The molecule has 0 spiro atoms. The molecule has 0 radical (unpaired) electrons. The van der Waals surface area contributed by atoms with Crippen LogP contribution in [0.15, 0.2) is 54.6 Å². The minimum Gasteiger partial charge on any atom is -0.350 e. The molecule has 126 valence electrons. The molecule has 0 heterocycles. The van der Waals surface area contributed by atoms with Crippen molar-refractivity contribution in [1.29, 1.82) is 0 Å². The van der Waals surface area contributed by atoms with Gasteiger partial charge in [-0.2, -0.15) is 0 Å². The molecule has 0 aliphatic heterocycles. The van der Waals surface area contributed by atoms with Crippen LogP contribution >= 0.6 is 0 Å². The van der Waals surface area contributed by atoms with Crippen molar-refractivity contribution in [3.63, 3.8) is 0 Å². The summed E-state index contributed by atoms with van der Waals surface area (Å²) in [7, 11) is 0. The Bertz CT molecular complexity index is 702. The van der Waals surface area contributed by atoms with E-state index in [1.807, 2.05) is 44.2 Å². The maximum atomic E-state index is 13.7. The molecule has 5 heteroatoms. The first-order chi connectivity index (χ1) is 11.5. The number of hydrogen-bond acceptors (Lipinski definition) is 2. The van der Waals surface area contributed by atoms with Crippen LogP contribution in [-0.4, -0.2) is 17.9 Å². The molecule has 2 aromatic carbocycles. The van der Waals surface area contributed by atoms with Crippen molar-refractivity contribution < 1.29 is 14.0 Å². The zero-order valence-corrected chi connectivity index (χ0v) is 13.8. The van der Waals surface area contributed by atoms with E-state index in [9.17, 15) is 14.0 Å². The number of benzene rings is 2. The summed E-state index contributed by atoms with van der Waals surface area (Å²) in [5, 5.41) is 5.42. The standard InChI is InChI=1S/C19H21FN2O2/c1-13(2)17(19(24)21-12-14-8-4-3-5-9-14)22-18(23)15-10-6-7-11-16(15)20/h3-11,13,17H,12H2,1-2H3,(H,21,24)(H,22,23)/t17-/m0/s1. The molecule has 0 aliphatic rings. The Morgan fingerprint density at radius 3 is 2.25 bits per heavy atom. The van der Waals surface area contributed by atoms with Gasteiger partial charge >= 0.3 is 0 Å². The van der Waals surface area contributed by atoms with Crippen molar-refractivity contribution in [2.24, 2.45) is 5.92 Å². The van der Waals surface area contributed by atoms with Gasteiger partial charge in [-0.1, -0.05) is 56.3 Å². The first kappa shape index (κ1) is 17.7. The van der Waals surface area contributed by atoms with Crippen LogP contribution < -0.4 is 10.6 Å². The predicted molar refractivity (Wildman–Crippen MR) is 90.8 cm³/mol. The van der Waals surface area contributed by atoms with Gasteiger partial charge in [0.05, 0.1) is 5.56 Å². The highest BCUT2D eigenvalue weighted by Crippen LogP contribution is 2.09. The van der Waals surface area contributed by atoms with Gasteiger partial charge in [0.25, 0.3) is 5.91 Å². The van der Waals surface area contributed by atoms with Crippen LogP contribution in [0.2, 0.25) is 0 Å². The fourth-order valence-corrected chi connectivity index (χ4v) is 2.29. The second-order valence-corrected chi connectivity index (χ2v) is 5.88. The van der Waals surface area contributed by atoms with Crippen LogP contribution in [0.3, 0.4) is 0 Å². The van der Waals surface area contributed by atoms with Gasteiger partial charge in [-0.3, -0.25) is 9.59 Å². The van der Waals surface area contributed by atoms with Gasteiger partial charge in [-0.05, 0) is 23.6 Å². The van der Waals surface area contributed by atoms with Crippen LogP contribution in [0.1, 0.15) is 29.8 Å². The van der Waals surface area contributed by atoms with Crippen molar-refractivity contribution >= 4 is 11.8 Å². The number of hydrogen-bond donors (Lipinski definition) is 2. The van der Waals surface area contributed by atoms with E-state index in [4.69, 9.17) is 0 Å². The summed E-state index contributed by atoms with van der Waals surface area (Å²) in [5.74, 6) is -1.63. The molecule has 0 bridgehead atoms. The van der Waals surface area contributed by atoms with Crippen molar-refractivity contribution in [2.75, 3.05) is 0 Å². The first-order valence-corrected chi connectivity index (χ1v) is 7.86. The molecule has 0 saturated carbocycles. The predicted octanol–water partition coefficient (Wildman–Crippen LogP) is 2.90. The number of carbonyl (C=O) groups is 2. The van der Waals surface area contributed by atoms with Crippen LogP contribution in [-0.2, 0) is 11.3 Å². The maximum Gasteiger partial charge on any atom is 0.254 e. The fraction of sp³-hybridized carbons (Fsp3) is 0.263. The Kier molecular flexibility index (Phi) is 6.07. The van der Waals surface area contributed by atoms with Gasteiger partial charge in [0.2, 0.25) is 5.91 Å². The Hall–Kier alpha value is -2.69. The lowest BCUT2D eigenvalue weighted by Crippen LogP contribution is -2.49. The molecular weight excluding hydrogens is 307 g/mol. The SMILES string of the molecule is CC(C)[C@H](NC(=O)c1ccccc1F)C(=O)NCc1ccccc1. The van der Waals surface area contributed by atoms with E-state index in [1.165, 1.54) is 18.2 Å². The minimum atomic E-state index is -0.735. The van der Waals surface area contributed by atoms with E-state index < -0.39 is 17.8 Å². The van der Waals surface area contributed by atoms with E-state index in [0.29, 0.717) is 6.54 Å². The second kappa shape index (κ2) is 8.24. The molecule has 4 nitrogen and oxygen atoms in total. The van der Waals surface area contributed by atoms with Crippen LogP contribution in [0.5, 0.6) is 0 Å². The normalized spacial score (nSPS) is 11.8. The zero-order chi connectivity index (χ0) is 17.5. The molecule has 0 saturated heterocycles. The summed E-state index contributed by atoms with van der Waals surface area (Å²) in [4.78, 5) is 24.6. The Morgan fingerprint density at radius 2 is 1.62 bits per heavy atom. The summed E-state index contributed by atoms with van der Waals surface area (Å²) >= 11 is 0. The average Bonchev–Trinajstić information content (AvgIpc) is 2.58. The Balaban J connectivity index is 2.02. The van der Waals surface area contributed by atoms with E-state index in [2.05, 4.69) is 10.6 Å². The van der Waals surface area contributed by atoms with Gasteiger partial charge in [-0.15, -0.1) is 0 Å². The second-order valence-electron chi connectivity index (χ2n) is 5.88. The summed E-state index contributed by atoms with van der Waals surface area (Å²) < 4.78 is 13.7. The molecule has 2 aromatic rings. The molecule has 2 N–H and O–H groups in total. The van der Waals surface area contributed by atoms with Crippen LogP contribution in [0, 0.1) is 11.7 Å². The Labute approximate surface area is 141 Å². The van der Waals surface area contributed by atoms with Crippen molar-refractivity contribution in [3.8, 4) is 0 Å². The zero-order valence-electron chi connectivity index (χ0n) is 13.8. The minimum absolute atomic E-state index is 0.0704. The number of amides is 2. The van der Waals surface area contributed by atoms with E-state index >= 15 is 0 Å². The Morgan fingerprint density at radius 1 is 1.00 bits per heavy atom. The smallest absolute Gasteiger partial charge is 0.254 e. The quantitative estimate of drug-likeness (QED) is 0.856. The van der Waals surface area contributed by atoms with E-state index in [-0.39, 0.29) is 17.4 Å². The number of rotatable bonds is 6. The van der Waals surface area contributed by atoms with Gasteiger partial charge in [-0.25, -0.2) is 4.39 Å². The third kappa shape index (κ3) is 4.65. The monoisotopic (exact) mass is 328 g/mol. The van der Waals surface area contributed by atoms with Gasteiger partial charge in [0.15, 0.2) is 0 Å². The van der Waals surface area contributed by atoms with Crippen molar-refractivity contribution in [2.45, 2.75) is 26.4 Å². The topological polar surface area (TPSA) is 58.2 Å². The molecular formula is C19H21FN2O2. The highest BCUT2D eigenvalue weighted by molar-refractivity contribution is 5.97. The highest BCUT2D eigenvalue weighted by Gasteiger charge is 2.25. The molecule has 2 rings (SSSR count). The summed E-state index contributed by atoms with van der Waals surface area (Å²) in [5.41, 5.74) is 0.896. The molecule has 2 amide bonds. The van der Waals surface area contributed by atoms with Gasteiger partial charge < -0.3 is 10.6 Å². The molecule has 0 fully saturated rings. The van der Waals surface area contributed by atoms with Gasteiger partial charge in [0, 0.05) is 6.54 Å². The van der Waals surface area contributed by atoms with E-state index in [1.54, 1.807) is 6.07 Å². The van der Waals surface area contributed by atoms with Crippen molar-refractivity contribution in [1.82, 2.24) is 10.6 Å². The first-order valence-electron chi connectivity index (χ1n) is 7.86. The fourth-order valence-electron chi connectivity index (χ4n) is 2.29. The van der Waals surface area contributed by atoms with Gasteiger partial charge in [0.1, 0.15) is 11.9 Å². The van der Waals surface area contributed by atoms with Crippen LogP contribution in [0.25, 0.3) is 0 Å². The molecule has 0 aliphatic carbocycles. The number of carbonyl (C=O) groups excluding carboxylic acids is 2.